The molecule has 0 aliphatic heterocycles. The number of anilines is 1. The van der Waals surface area contributed by atoms with Gasteiger partial charge in [0.2, 0.25) is 0 Å². The smallest absolute Gasteiger partial charge is 0.288 e. The highest BCUT2D eigenvalue weighted by Crippen LogP contribution is 2.39. The minimum absolute atomic E-state index is 0.0614. The monoisotopic (exact) mass is 349 g/mol. The van der Waals surface area contributed by atoms with Crippen LogP contribution in [0.5, 0.6) is 0 Å². The first-order valence-electron chi connectivity index (χ1n) is 5.81. The van der Waals surface area contributed by atoms with E-state index < -0.39 is 21.7 Å². The second-order valence-electron chi connectivity index (χ2n) is 4.26. The van der Waals surface area contributed by atoms with Crippen LogP contribution >= 0.6 is 23.2 Å². The molecule has 0 aliphatic carbocycles. The van der Waals surface area contributed by atoms with E-state index in [-0.39, 0.29) is 32.6 Å². The standard InChI is InChI=1S/C13H5Cl2N5O3/c14-8-2-9(15)10(20(22)23)1-5(8)11-6(3-16)12(18)19-13(21)7(11)4-17/h1-2H,(H3,18,19,21). The third-order valence-electron chi connectivity index (χ3n) is 2.97. The molecular formula is C13H5Cl2N5O3. The lowest BCUT2D eigenvalue weighted by atomic mass is 9.96. The van der Waals surface area contributed by atoms with Crippen molar-refractivity contribution in [1.29, 1.82) is 10.5 Å². The molecule has 2 rings (SSSR count). The van der Waals surface area contributed by atoms with Gasteiger partial charge in [-0.2, -0.15) is 10.5 Å². The summed E-state index contributed by atoms with van der Waals surface area (Å²) in [6.45, 7) is 0. The van der Waals surface area contributed by atoms with Crippen LogP contribution in [0.2, 0.25) is 10.0 Å². The Hall–Kier alpha value is -3.07. The highest BCUT2D eigenvalue weighted by molar-refractivity contribution is 6.37. The summed E-state index contributed by atoms with van der Waals surface area (Å²) in [6.07, 6.45) is 0. The molecule has 0 aliphatic rings. The van der Waals surface area contributed by atoms with Gasteiger partial charge in [0, 0.05) is 17.2 Å². The van der Waals surface area contributed by atoms with Gasteiger partial charge in [0.15, 0.2) is 0 Å². The number of aromatic amines is 1. The number of pyridine rings is 1. The number of nitrogen functional groups attached to an aromatic ring is 1. The molecule has 23 heavy (non-hydrogen) atoms. The first kappa shape index (κ1) is 16.3. The maximum atomic E-state index is 11.9. The molecule has 3 N–H and O–H groups in total. The quantitative estimate of drug-likeness (QED) is 0.628. The Bertz CT molecular complexity index is 985. The molecule has 0 bridgehead atoms. The van der Waals surface area contributed by atoms with Crippen LogP contribution in [0.15, 0.2) is 16.9 Å². The van der Waals surface area contributed by atoms with Crippen molar-refractivity contribution >= 4 is 34.7 Å². The summed E-state index contributed by atoms with van der Waals surface area (Å²) in [4.78, 5) is 24.3. The van der Waals surface area contributed by atoms with Crippen LogP contribution in [0.25, 0.3) is 11.1 Å². The van der Waals surface area contributed by atoms with Crippen molar-refractivity contribution in [3.05, 3.63) is 53.8 Å². The summed E-state index contributed by atoms with van der Waals surface area (Å²) in [7, 11) is 0. The van der Waals surface area contributed by atoms with E-state index in [2.05, 4.69) is 4.98 Å². The molecule has 10 heteroatoms. The molecule has 0 fully saturated rings. The number of benzene rings is 1. The zero-order chi connectivity index (χ0) is 17.3. The normalized spacial score (nSPS) is 9.91. The minimum Gasteiger partial charge on any atom is -0.384 e. The Morgan fingerprint density at radius 3 is 2.30 bits per heavy atom. The lowest BCUT2D eigenvalue weighted by Crippen LogP contribution is -2.16. The van der Waals surface area contributed by atoms with Gasteiger partial charge in [-0.3, -0.25) is 14.9 Å². The summed E-state index contributed by atoms with van der Waals surface area (Å²) in [6, 6.07) is 5.47. The number of halogens is 2. The van der Waals surface area contributed by atoms with E-state index in [4.69, 9.17) is 28.9 Å². The number of nitriles is 2. The fourth-order valence-electron chi connectivity index (χ4n) is 1.98. The number of nitrogens with zero attached hydrogens (tertiary/aromatic N) is 3. The van der Waals surface area contributed by atoms with E-state index >= 15 is 0 Å². The summed E-state index contributed by atoms with van der Waals surface area (Å²) in [5.41, 5.74) is 3.35. The van der Waals surface area contributed by atoms with E-state index in [9.17, 15) is 25.4 Å². The van der Waals surface area contributed by atoms with Gasteiger partial charge >= 0.3 is 0 Å². The molecule has 1 heterocycles. The number of aromatic nitrogens is 1. The molecule has 0 spiro atoms. The van der Waals surface area contributed by atoms with Crippen molar-refractivity contribution in [3.8, 4) is 23.3 Å². The number of nitrogens with two attached hydrogens (primary N) is 1. The van der Waals surface area contributed by atoms with Gasteiger partial charge in [-0.25, -0.2) is 0 Å². The molecule has 0 saturated heterocycles. The molecule has 0 unspecified atom stereocenters. The van der Waals surface area contributed by atoms with Crippen molar-refractivity contribution in [3.63, 3.8) is 0 Å². The van der Waals surface area contributed by atoms with Crippen LogP contribution in [0.4, 0.5) is 11.5 Å². The van der Waals surface area contributed by atoms with E-state index in [1.807, 2.05) is 0 Å². The summed E-state index contributed by atoms with van der Waals surface area (Å²) in [5.74, 6) is -0.278. The molecule has 0 atom stereocenters. The predicted octanol–water partition coefficient (Wildman–Crippen LogP) is 2.58. The van der Waals surface area contributed by atoms with E-state index in [0.29, 0.717) is 0 Å². The first-order valence-corrected chi connectivity index (χ1v) is 6.57. The molecule has 2 aromatic rings. The van der Waals surface area contributed by atoms with Crippen molar-refractivity contribution in [2.75, 3.05) is 5.73 Å². The number of nitro groups is 1. The lowest BCUT2D eigenvalue weighted by molar-refractivity contribution is -0.384. The Kier molecular flexibility index (Phi) is 4.23. The Balaban J connectivity index is 3.02. The Morgan fingerprint density at radius 1 is 1.17 bits per heavy atom. The Labute approximate surface area is 138 Å². The van der Waals surface area contributed by atoms with Crippen LogP contribution < -0.4 is 11.3 Å². The number of rotatable bonds is 2. The van der Waals surface area contributed by atoms with Gasteiger partial charge in [0.05, 0.1) is 9.95 Å². The number of nitrogens with one attached hydrogen (secondary N) is 1. The first-order chi connectivity index (χ1) is 10.8. The number of nitro benzene ring substituents is 1. The van der Waals surface area contributed by atoms with Gasteiger partial charge in [0.1, 0.15) is 34.1 Å². The topological polar surface area (TPSA) is 150 Å². The van der Waals surface area contributed by atoms with E-state index in [1.165, 1.54) is 0 Å². The number of hydrogen-bond donors (Lipinski definition) is 2. The second kappa shape index (κ2) is 5.97. The molecule has 0 saturated carbocycles. The van der Waals surface area contributed by atoms with Gasteiger partial charge in [-0.1, -0.05) is 23.2 Å². The molecule has 8 nitrogen and oxygen atoms in total. The van der Waals surface area contributed by atoms with Crippen LogP contribution in [-0.4, -0.2) is 9.91 Å². The van der Waals surface area contributed by atoms with Crippen LogP contribution in [0, 0.1) is 32.8 Å². The van der Waals surface area contributed by atoms with Crippen LogP contribution in [0.1, 0.15) is 11.1 Å². The molecular weight excluding hydrogens is 345 g/mol. The van der Waals surface area contributed by atoms with Gasteiger partial charge in [-0.15, -0.1) is 0 Å². The zero-order valence-electron chi connectivity index (χ0n) is 11.1. The third-order valence-corrected chi connectivity index (χ3v) is 3.59. The number of H-pyrrole nitrogens is 1. The molecule has 1 aromatic carbocycles. The van der Waals surface area contributed by atoms with Gasteiger partial charge in [-0.05, 0) is 6.07 Å². The maximum Gasteiger partial charge on any atom is 0.288 e. The SMILES string of the molecule is N#Cc1c(N)[nH]c(=O)c(C#N)c1-c1cc([N+](=O)[O-])c(Cl)cc1Cl. The van der Waals surface area contributed by atoms with E-state index in [0.717, 1.165) is 12.1 Å². The van der Waals surface area contributed by atoms with Crippen molar-refractivity contribution in [2.45, 2.75) is 0 Å². The van der Waals surface area contributed by atoms with Gasteiger partial charge < -0.3 is 10.7 Å². The summed E-state index contributed by atoms with van der Waals surface area (Å²) < 4.78 is 0. The summed E-state index contributed by atoms with van der Waals surface area (Å²) in [5, 5.41) is 29.1. The second-order valence-corrected chi connectivity index (χ2v) is 5.07. The Morgan fingerprint density at radius 2 is 1.78 bits per heavy atom. The fourth-order valence-corrected chi connectivity index (χ4v) is 2.53. The average Bonchev–Trinajstić information content (AvgIpc) is 2.46. The predicted molar refractivity (Wildman–Crippen MR) is 83.0 cm³/mol. The third kappa shape index (κ3) is 2.69. The average molecular weight is 350 g/mol. The summed E-state index contributed by atoms with van der Waals surface area (Å²) >= 11 is 11.8. The highest BCUT2D eigenvalue weighted by Gasteiger charge is 2.24. The van der Waals surface area contributed by atoms with Crippen molar-refractivity contribution in [1.82, 2.24) is 4.98 Å². The van der Waals surface area contributed by atoms with Crippen molar-refractivity contribution in [2.24, 2.45) is 0 Å². The van der Waals surface area contributed by atoms with Crippen LogP contribution in [-0.2, 0) is 0 Å². The molecule has 0 radical (unpaired) electrons. The molecule has 1 aromatic heterocycles. The molecule has 114 valence electrons. The largest absolute Gasteiger partial charge is 0.384 e. The fraction of sp³-hybridized carbons (Fsp3) is 0. The minimum atomic E-state index is -0.840. The lowest BCUT2D eigenvalue weighted by Gasteiger charge is -2.10. The van der Waals surface area contributed by atoms with Gasteiger partial charge in [0.25, 0.3) is 11.2 Å². The molecule has 0 amide bonds. The van der Waals surface area contributed by atoms with E-state index in [1.54, 1.807) is 12.1 Å². The maximum absolute atomic E-state index is 11.9. The zero-order valence-corrected chi connectivity index (χ0v) is 12.6. The van der Waals surface area contributed by atoms with Crippen molar-refractivity contribution < 1.29 is 4.92 Å². The van der Waals surface area contributed by atoms with Crippen LogP contribution in [0.3, 0.4) is 0 Å². The number of hydrogen-bond acceptors (Lipinski definition) is 6. The highest BCUT2D eigenvalue weighted by atomic mass is 35.5.